The molecule has 6 nitrogen and oxygen atoms in total. The Morgan fingerprint density at radius 3 is 2.27 bits per heavy atom. The van der Waals surface area contributed by atoms with E-state index in [2.05, 4.69) is 11.8 Å². The zero-order valence-electron chi connectivity index (χ0n) is 13.3. The van der Waals surface area contributed by atoms with Gasteiger partial charge < -0.3 is 9.80 Å². The summed E-state index contributed by atoms with van der Waals surface area (Å²) in [6.07, 6.45) is 0. The van der Waals surface area contributed by atoms with E-state index >= 15 is 0 Å². The van der Waals surface area contributed by atoms with Gasteiger partial charge in [0.1, 0.15) is 0 Å². The van der Waals surface area contributed by atoms with E-state index in [1.54, 1.807) is 24.8 Å². The van der Waals surface area contributed by atoms with Crippen LogP contribution in [-0.4, -0.2) is 56.8 Å². The summed E-state index contributed by atoms with van der Waals surface area (Å²) in [6, 6.07) is 3.13. The smallest absolute Gasteiger partial charge is 0.253 e. The molecule has 0 radical (unpaired) electrons. The number of sulfonamides is 1. The minimum atomic E-state index is -3.83. The Kier molecular flexibility index (Phi) is 4.89. The summed E-state index contributed by atoms with van der Waals surface area (Å²) in [5.41, 5.74) is 1.73. The van der Waals surface area contributed by atoms with Crippen molar-refractivity contribution in [3.8, 4) is 0 Å². The van der Waals surface area contributed by atoms with Crippen LogP contribution < -0.4 is 5.14 Å². The van der Waals surface area contributed by atoms with Crippen molar-refractivity contribution in [1.29, 1.82) is 0 Å². The number of hydrogen-bond donors (Lipinski definition) is 1. The van der Waals surface area contributed by atoms with Gasteiger partial charge in [-0.1, -0.05) is 6.92 Å². The second-order valence-corrected chi connectivity index (χ2v) is 7.22. The highest BCUT2D eigenvalue weighted by atomic mass is 32.2. The highest BCUT2D eigenvalue weighted by Gasteiger charge is 2.23. The van der Waals surface area contributed by atoms with Crippen LogP contribution in [0.15, 0.2) is 17.0 Å². The van der Waals surface area contributed by atoms with Crippen LogP contribution in [-0.2, 0) is 10.0 Å². The summed E-state index contributed by atoms with van der Waals surface area (Å²) in [7, 11) is -3.83. The van der Waals surface area contributed by atoms with Crippen molar-refractivity contribution in [3.05, 3.63) is 28.8 Å². The van der Waals surface area contributed by atoms with Crippen LogP contribution >= 0.6 is 0 Å². The lowest BCUT2D eigenvalue weighted by molar-refractivity contribution is 0.0643. The van der Waals surface area contributed by atoms with Crippen LogP contribution in [0, 0.1) is 13.8 Å². The summed E-state index contributed by atoms with van der Waals surface area (Å²) in [5, 5.41) is 5.25. The number of likely N-dealkylation sites (N-methyl/N-ethyl adjacent to an activating group) is 1. The first-order valence-electron chi connectivity index (χ1n) is 7.39. The second kappa shape index (κ2) is 6.36. The molecule has 0 aliphatic carbocycles. The van der Waals surface area contributed by atoms with Gasteiger partial charge in [0.05, 0.1) is 4.90 Å². The molecule has 1 aliphatic rings. The Labute approximate surface area is 131 Å². The average molecular weight is 325 g/mol. The van der Waals surface area contributed by atoms with Crippen molar-refractivity contribution in [1.82, 2.24) is 9.80 Å². The number of rotatable bonds is 3. The van der Waals surface area contributed by atoms with Gasteiger partial charge in [-0.3, -0.25) is 4.79 Å². The molecule has 0 unspecified atom stereocenters. The molecule has 7 heteroatoms. The van der Waals surface area contributed by atoms with E-state index in [4.69, 9.17) is 5.14 Å². The molecule has 0 atom stereocenters. The molecule has 1 aromatic rings. The average Bonchev–Trinajstić information content (AvgIpc) is 2.48. The first kappa shape index (κ1) is 16.9. The van der Waals surface area contributed by atoms with Crippen molar-refractivity contribution >= 4 is 15.9 Å². The molecule has 1 heterocycles. The van der Waals surface area contributed by atoms with Crippen LogP contribution in [0.3, 0.4) is 0 Å². The van der Waals surface area contributed by atoms with Crippen molar-refractivity contribution in [2.45, 2.75) is 25.7 Å². The highest BCUT2D eigenvalue weighted by Crippen LogP contribution is 2.21. The van der Waals surface area contributed by atoms with Gasteiger partial charge >= 0.3 is 0 Å². The van der Waals surface area contributed by atoms with Gasteiger partial charge in [0.2, 0.25) is 10.0 Å². The zero-order chi connectivity index (χ0) is 16.5. The third kappa shape index (κ3) is 3.48. The molecule has 1 aliphatic heterocycles. The lowest BCUT2D eigenvalue weighted by Gasteiger charge is -2.34. The third-order valence-electron chi connectivity index (χ3n) is 4.28. The number of amides is 1. The van der Waals surface area contributed by atoms with E-state index in [9.17, 15) is 13.2 Å². The fourth-order valence-electron chi connectivity index (χ4n) is 2.70. The Bertz CT molecular complexity index is 678. The Morgan fingerprint density at radius 1 is 1.18 bits per heavy atom. The Balaban J connectivity index is 2.30. The molecule has 1 fully saturated rings. The van der Waals surface area contributed by atoms with Crippen LogP contribution in [0.5, 0.6) is 0 Å². The monoisotopic (exact) mass is 325 g/mol. The molecular weight excluding hydrogens is 302 g/mol. The van der Waals surface area contributed by atoms with E-state index in [0.717, 1.165) is 25.2 Å². The van der Waals surface area contributed by atoms with Crippen LogP contribution in [0.4, 0.5) is 0 Å². The van der Waals surface area contributed by atoms with Crippen molar-refractivity contribution < 1.29 is 13.2 Å². The molecule has 122 valence electrons. The Morgan fingerprint density at radius 2 is 1.77 bits per heavy atom. The molecule has 0 saturated carbocycles. The van der Waals surface area contributed by atoms with Gasteiger partial charge in [0.25, 0.3) is 5.91 Å². The number of primary sulfonamides is 1. The normalized spacial score (nSPS) is 16.8. The largest absolute Gasteiger partial charge is 0.336 e. The maximum absolute atomic E-state index is 12.6. The van der Waals surface area contributed by atoms with E-state index in [-0.39, 0.29) is 10.8 Å². The molecular formula is C15H23N3O3S. The van der Waals surface area contributed by atoms with Gasteiger partial charge in [-0.05, 0) is 43.7 Å². The summed E-state index contributed by atoms with van der Waals surface area (Å²) in [5.74, 6) is -0.135. The molecule has 2 rings (SSSR count). The zero-order valence-corrected chi connectivity index (χ0v) is 14.1. The van der Waals surface area contributed by atoms with E-state index in [1.165, 1.54) is 6.07 Å². The van der Waals surface area contributed by atoms with Crippen molar-refractivity contribution in [2.75, 3.05) is 32.7 Å². The molecule has 1 saturated heterocycles. The number of aryl methyl sites for hydroxylation is 1. The first-order chi connectivity index (χ1) is 10.2. The highest BCUT2D eigenvalue weighted by molar-refractivity contribution is 7.89. The summed E-state index contributed by atoms with van der Waals surface area (Å²) in [6.45, 7) is 9.55. The topological polar surface area (TPSA) is 83.7 Å². The minimum Gasteiger partial charge on any atom is -0.336 e. The summed E-state index contributed by atoms with van der Waals surface area (Å²) >= 11 is 0. The number of carbonyl (C=O) groups is 1. The fraction of sp³-hybridized carbons (Fsp3) is 0.533. The van der Waals surface area contributed by atoms with Gasteiger partial charge in [-0.25, -0.2) is 13.6 Å². The number of piperazine rings is 1. The molecule has 1 amide bonds. The Hall–Kier alpha value is -1.44. The SMILES string of the molecule is CCN1CCN(C(=O)c2cc(C)c(C)c(S(N)(=O)=O)c2)CC1. The number of nitrogens with zero attached hydrogens (tertiary/aromatic N) is 2. The fourth-order valence-corrected chi connectivity index (χ4v) is 3.57. The van der Waals surface area contributed by atoms with E-state index < -0.39 is 10.0 Å². The number of nitrogens with two attached hydrogens (primary N) is 1. The summed E-state index contributed by atoms with van der Waals surface area (Å²) in [4.78, 5) is 16.7. The summed E-state index contributed by atoms with van der Waals surface area (Å²) < 4.78 is 23.4. The third-order valence-corrected chi connectivity index (χ3v) is 5.32. The lowest BCUT2D eigenvalue weighted by atomic mass is 10.0. The van der Waals surface area contributed by atoms with Crippen LogP contribution in [0.25, 0.3) is 0 Å². The van der Waals surface area contributed by atoms with Crippen molar-refractivity contribution in [2.24, 2.45) is 5.14 Å². The van der Waals surface area contributed by atoms with Crippen molar-refractivity contribution in [3.63, 3.8) is 0 Å². The minimum absolute atomic E-state index is 0.0306. The predicted octanol–water partition coefficient (Wildman–Crippen LogP) is 0.729. The van der Waals surface area contributed by atoms with Crippen LogP contribution in [0.2, 0.25) is 0 Å². The molecule has 0 bridgehead atoms. The molecule has 2 N–H and O–H groups in total. The van der Waals surface area contributed by atoms with Gasteiger partial charge in [0, 0.05) is 31.7 Å². The van der Waals surface area contributed by atoms with Gasteiger partial charge in [-0.15, -0.1) is 0 Å². The van der Waals surface area contributed by atoms with Gasteiger partial charge in [0.15, 0.2) is 0 Å². The lowest BCUT2D eigenvalue weighted by Crippen LogP contribution is -2.48. The number of benzene rings is 1. The molecule has 1 aromatic carbocycles. The maximum Gasteiger partial charge on any atom is 0.253 e. The quantitative estimate of drug-likeness (QED) is 0.888. The van der Waals surface area contributed by atoms with E-state index in [1.807, 2.05) is 0 Å². The standard InChI is InChI=1S/C15H23N3O3S/c1-4-17-5-7-18(8-6-17)15(19)13-9-11(2)12(3)14(10-13)22(16,20)21/h9-10H,4-8H2,1-3H3,(H2,16,20,21). The van der Waals surface area contributed by atoms with E-state index in [0.29, 0.717) is 24.2 Å². The first-order valence-corrected chi connectivity index (χ1v) is 8.94. The second-order valence-electron chi connectivity index (χ2n) is 5.69. The maximum atomic E-state index is 12.6. The van der Waals surface area contributed by atoms with Crippen LogP contribution in [0.1, 0.15) is 28.4 Å². The molecule has 22 heavy (non-hydrogen) atoms. The predicted molar refractivity (Wildman–Crippen MR) is 85.3 cm³/mol. The van der Waals surface area contributed by atoms with Gasteiger partial charge in [-0.2, -0.15) is 0 Å². The number of hydrogen-bond acceptors (Lipinski definition) is 4. The number of carbonyl (C=O) groups excluding carboxylic acids is 1. The molecule has 0 aromatic heterocycles. The molecule has 0 spiro atoms.